The fourth-order valence-electron chi connectivity index (χ4n) is 3.67. The van der Waals surface area contributed by atoms with Gasteiger partial charge in [-0.2, -0.15) is 5.10 Å². The number of amides is 1. The van der Waals surface area contributed by atoms with E-state index in [1.807, 2.05) is 54.6 Å². The van der Waals surface area contributed by atoms with Gasteiger partial charge in [0, 0.05) is 21.0 Å². The molecule has 4 rings (SSSR count). The van der Waals surface area contributed by atoms with Gasteiger partial charge in [-0.25, -0.2) is 15.2 Å². The number of methoxy groups -OCH3 is 1. The van der Waals surface area contributed by atoms with E-state index < -0.39 is 11.9 Å². The summed E-state index contributed by atoms with van der Waals surface area (Å²) in [7, 11) is 1.49. The Morgan fingerprint density at radius 2 is 1.81 bits per heavy atom. The first-order valence-corrected chi connectivity index (χ1v) is 12.2. The Kier molecular flexibility index (Phi) is 8.48. The normalized spacial score (nSPS) is 10.9. The van der Waals surface area contributed by atoms with E-state index in [0.29, 0.717) is 37.9 Å². The molecule has 0 radical (unpaired) electrons. The number of nitrogens with one attached hydrogen (secondary N) is 1. The van der Waals surface area contributed by atoms with Crippen molar-refractivity contribution in [2.24, 2.45) is 5.10 Å². The molecule has 0 unspecified atom stereocenters. The summed E-state index contributed by atoms with van der Waals surface area (Å²) in [5, 5.41) is 4.86. The van der Waals surface area contributed by atoms with Crippen LogP contribution < -0.4 is 14.9 Å². The molecule has 0 saturated heterocycles. The highest BCUT2D eigenvalue weighted by Crippen LogP contribution is 2.34. The standard InChI is InChI=1S/C28H24BrN3O5/c1-3-36-26(33)17-37-27-19(13-20(29)14-25(27)35-2)16-30-32-28(34)22-15-24(18-9-5-4-6-10-18)31-23-12-8-7-11-21(22)23/h4-16H,3,17H2,1-2H3,(H,32,34)/b30-16-. The van der Waals surface area contributed by atoms with Crippen LogP contribution in [0, 0.1) is 0 Å². The van der Waals surface area contributed by atoms with Gasteiger partial charge < -0.3 is 14.2 Å². The summed E-state index contributed by atoms with van der Waals surface area (Å²) < 4.78 is 16.7. The number of rotatable bonds is 9. The Balaban J connectivity index is 1.62. The molecule has 3 aromatic carbocycles. The Morgan fingerprint density at radius 3 is 2.57 bits per heavy atom. The van der Waals surface area contributed by atoms with Crippen LogP contribution >= 0.6 is 15.9 Å². The molecule has 4 aromatic rings. The van der Waals surface area contributed by atoms with Gasteiger partial charge >= 0.3 is 5.97 Å². The minimum Gasteiger partial charge on any atom is -0.493 e. The summed E-state index contributed by atoms with van der Waals surface area (Å²) in [6, 6.07) is 22.3. The van der Waals surface area contributed by atoms with Crippen molar-refractivity contribution in [3.8, 4) is 22.8 Å². The van der Waals surface area contributed by atoms with E-state index in [4.69, 9.17) is 19.2 Å². The molecular formula is C28H24BrN3O5. The van der Waals surface area contributed by atoms with E-state index >= 15 is 0 Å². The number of pyridine rings is 1. The lowest BCUT2D eigenvalue weighted by atomic mass is 10.0. The van der Waals surface area contributed by atoms with Crippen LogP contribution in [0.1, 0.15) is 22.8 Å². The van der Waals surface area contributed by atoms with Crippen molar-refractivity contribution in [1.29, 1.82) is 0 Å². The van der Waals surface area contributed by atoms with Gasteiger partial charge in [-0.05, 0) is 31.2 Å². The van der Waals surface area contributed by atoms with Crippen molar-refractivity contribution in [1.82, 2.24) is 10.4 Å². The van der Waals surface area contributed by atoms with Crippen molar-refractivity contribution < 1.29 is 23.8 Å². The molecule has 0 aliphatic heterocycles. The predicted molar refractivity (Wildman–Crippen MR) is 145 cm³/mol. The maximum Gasteiger partial charge on any atom is 0.344 e. The molecule has 188 valence electrons. The molecule has 0 spiro atoms. The number of benzene rings is 3. The van der Waals surface area contributed by atoms with E-state index in [1.165, 1.54) is 13.3 Å². The minimum atomic E-state index is -0.512. The topological polar surface area (TPSA) is 99.1 Å². The third-order valence-electron chi connectivity index (χ3n) is 5.31. The highest BCUT2D eigenvalue weighted by molar-refractivity contribution is 9.10. The largest absolute Gasteiger partial charge is 0.493 e. The van der Waals surface area contributed by atoms with Crippen LogP contribution in [-0.4, -0.2) is 43.4 Å². The molecule has 0 aliphatic carbocycles. The zero-order valence-electron chi connectivity index (χ0n) is 20.2. The average molecular weight is 562 g/mol. The molecule has 0 aliphatic rings. The first-order valence-electron chi connectivity index (χ1n) is 11.4. The van der Waals surface area contributed by atoms with Crippen LogP contribution in [0.5, 0.6) is 11.5 Å². The predicted octanol–water partition coefficient (Wildman–Crippen LogP) is 5.38. The Labute approximate surface area is 222 Å². The number of carbonyl (C=O) groups excluding carboxylic acids is 2. The van der Waals surface area contributed by atoms with Gasteiger partial charge in [-0.3, -0.25) is 4.79 Å². The Morgan fingerprint density at radius 1 is 1.05 bits per heavy atom. The molecule has 1 heterocycles. The maximum absolute atomic E-state index is 13.2. The fraction of sp³-hybridized carbons (Fsp3) is 0.143. The molecule has 1 N–H and O–H groups in total. The summed E-state index contributed by atoms with van der Waals surface area (Å²) in [6.07, 6.45) is 1.42. The molecule has 0 bridgehead atoms. The summed E-state index contributed by atoms with van der Waals surface area (Å²) in [4.78, 5) is 29.7. The first kappa shape index (κ1) is 25.8. The molecule has 0 atom stereocenters. The molecule has 0 saturated carbocycles. The van der Waals surface area contributed by atoms with Crippen LogP contribution in [0.3, 0.4) is 0 Å². The second-order valence-electron chi connectivity index (χ2n) is 7.76. The highest BCUT2D eigenvalue weighted by atomic mass is 79.9. The summed E-state index contributed by atoms with van der Waals surface area (Å²) in [5.74, 6) is -0.234. The number of fused-ring (bicyclic) bond motifs is 1. The number of ether oxygens (including phenoxy) is 3. The molecule has 1 amide bonds. The average Bonchev–Trinajstić information content (AvgIpc) is 2.92. The first-order chi connectivity index (χ1) is 18.0. The Hall–Kier alpha value is -4.24. The second kappa shape index (κ2) is 12.1. The number of para-hydroxylation sites is 1. The van der Waals surface area contributed by atoms with E-state index in [2.05, 4.69) is 26.5 Å². The summed E-state index contributed by atoms with van der Waals surface area (Å²) in [5.41, 5.74) is 5.79. The number of nitrogens with zero attached hydrogens (tertiary/aromatic N) is 2. The lowest BCUT2D eigenvalue weighted by Gasteiger charge is -2.13. The number of esters is 1. The SMILES string of the molecule is CCOC(=O)COc1c(/C=N\NC(=O)c2cc(-c3ccccc3)nc3ccccc23)cc(Br)cc1OC. The van der Waals surface area contributed by atoms with Crippen molar-refractivity contribution in [2.75, 3.05) is 20.3 Å². The number of hydrazone groups is 1. The van der Waals surface area contributed by atoms with E-state index in [-0.39, 0.29) is 19.0 Å². The fourth-order valence-corrected chi connectivity index (χ4v) is 4.12. The van der Waals surface area contributed by atoms with Crippen LogP contribution in [0.4, 0.5) is 0 Å². The third-order valence-corrected chi connectivity index (χ3v) is 5.77. The lowest BCUT2D eigenvalue weighted by Crippen LogP contribution is -2.19. The van der Waals surface area contributed by atoms with Gasteiger partial charge in [-0.15, -0.1) is 0 Å². The van der Waals surface area contributed by atoms with Gasteiger partial charge in [0.05, 0.1) is 36.7 Å². The van der Waals surface area contributed by atoms with Crippen LogP contribution in [-0.2, 0) is 9.53 Å². The minimum absolute atomic E-state index is 0.246. The summed E-state index contributed by atoms with van der Waals surface area (Å²) in [6.45, 7) is 1.66. The third kappa shape index (κ3) is 6.31. The number of carbonyl (C=O) groups is 2. The highest BCUT2D eigenvalue weighted by Gasteiger charge is 2.16. The zero-order valence-corrected chi connectivity index (χ0v) is 21.8. The monoisotopic (exact) mass is 561 g/mol. The number of hydrogen-bond acceptors (Lipinski definition) is 7. The van der Waals surface area contributed by atoms with Gasteiger partial charge in [0.15, 0.2) is 18.1 Å². The van der Waals surface area contributed by atoms with Crippen LogP contribution in [0.15, 0.2) is 82.4 Å². The van der Waals surface area contributed by atoms with Gasteiger partial charge in [0.2, 0.25) is 0 Å². The number of aromatic nitrogens is 1. The van der Waals surface area contributed by atoms with Gasteiger partial charge in [0.25, 0.3) is 5.91 Å². The maximum atomic E-state index is 13.2. The second-order valence-corrected chi connectivity index (χ2v) is 8.67. The van der Waals surface area contributed by atoms with E-state index in [9.17, 15) is 9.59 Å². The van der Waals surface area contributed by atoms with Crippen molar-refractivity contribution in [2.45, 2.75) is 6.92 Å². The van der Waals surface area contributed by atoms with E-state index in [1.54, 1.807) is 25.1 Å². The molecule has 1 aromatic heterocycles. The van der Waals surface area contributed by atoms with Gasteiger partial charge in [-0.1, -0.05) is 64.5 Å². The van der Waals surface area contributed by atoms with Crippen molar-refractivity contribution >= 4 is 44.9 Å². The summed E-state index contributed by atoms with van der Waals surface area (Å²) >= 11 is 3.42. The van der Waals surface area contributed by atoms with Crippen molar-refractivity contribution in [3.05, 3.63) is 88.4 Å². The number of halogens is 1. The molecular weight excluding hydrogens is 538 g/mol. The smallest absolute Gasteiger partial charge is 0.344 e. The molecule has 8 nitrogen and oxygen atoms in total. The lowest BCUT2D eigenvalue weighted by molar-refractivity contribution is -0.145. The molecule has 37 heavy (non-hydrogen) atoms. The quantitative estimate of drug-likeness (QED) is 0.167. The zero-order chi connectivity index (χ0) is 26.2. The molecule has 0 fully saturated rings. The van der Waals surface area contributed by atoms with Crippen LogP contribution in [0.25, 0.3) is 22.2 Å². The van der Waals surface area contributed by atoms with E-state index in [0.717, 1.165) is 5.56 Å². The van der Waals surface area contributed by atoms with Crippen molar-refractivity contribution in [3.63, 3.8) is 0 Å². The number of hydrogen-bond donors (Lipinski definition) is 1. The Bertz CT molecular complexity index is 1460. The van der Waals surface area contributed by atoms with Gasteiger partial charge in [0.1, 0.15) is 0 Å². The van der Waals surface area contributed by atoms with Crippen LogP contribution in [0.2, 0.25) is 0 Å². The molecule has 9 heteroatoms.